The van der Waals surface area contributed by atoms with Crippen molar-refractivity contribution in [1.82, 2.24) is 5.43 Å². The van der Waals surface area contributed by atoms with Crippen molar-refractivity contribution < 1.29 is 0 Å². The van der Waals surface area contributed by atoms with E-state index >= 15 is 0 Å². The van der Waals surface area contributed by atoms with Gasteiger partial charge in [-0.15, -0.1) is 0 Å². The number of benzene rings is 2. The number of nitrogens with zero attached hydrogens (tertiary/aromatic N) is 1. The molecule has 3 heteroatoms. The Bertz CT molecular complexity index is 578. The van der Waals surface area contributed by atoms with E-state index in [1.54, 1.807) is 0 Å². The fourth-order valence-electron chi connectivity index (χ4n) is 2.17. The predicted molar refractivity (Wildman–Crippen MR) is 74.9 cm³/mol. The first kappa shape index (κ1) is 11.3. The second-order valence-electron chi connectivity index (χ2n) is 4.37. The fourth-order valence-corrected chi connectivity index (χ4v) is 2.37. The quantitative estimate of drug-likeness (QED) is 0.869. The van der Waals surface area contributed by atoms with Gasteiger partial charge in [-0.2, -0.15) is 5.10 Å². The zero-order valence-electron chi connectivity index (χ0n) is 9.81. The van der Waals surface area contributed by atoms with Gasteiger partial charge in [0.1, 0.15) is 0 Å². The largest absolute Gasteiger partial charge is 0.302 e. The molecule has 0 aromatic heterocycles. The molecule has 1 N–H and O–H groups in total. The van der Waals surface area contributed by atoms with E-state index in [0.717, 1.165) is 17.2 Å². The normalized spacial score (nSPS) is 18.3. The fraction of sp³-hybridized carbons (Fsp3) is 0.133. The van der Waals surface area contributed by atoms with Crippen molar-refractivity contribution in [2.75, 3.05) is 0 Å². The number of nitrogens with one attached hydrogen (secondary N) is 1. The molecule has 0 spiro atoms. The lowest BCUT2D eigenvalue weighted by Gasteiger charge is -2.10. The Morgan fingerprint density at radius 2 is 1.89 bits per heavy atom. The molecule has 0 amide bonds. The van der Waals surface area contributed by atoms with Crippen LogP contribution >= 0.6 is 11.6 Å². The molecule has 2 aromatic rings. The summed E-state index contributed by atoms with van der Waals surface area (Å²) in [5.41, 5.74) is 6.63. The van der Waals surface area contributed by atoms with Gasteiger partial charge in [-0.3, -0.25) is 0 Å². The van der Waals surface area contributed by atoms with E-state index in [4.69, 9.17) is 11.6 Å². The van der Waals surface area contributed by atoms with Crippen LogP contribution in [0.3, 0.4) is 0 Å². The van der Waals surface area contributed by atoms with Gasteiger partial charge in [0.25, 0.3) is 0 Å². The highest BCUT2D eigenvalue weighted by atomic mass is 35.5. The third-order valence-corrected chi connectivity index (χ3v) is 3.35. The molecule has 0 aliphatic carbocycles. The number of halogens is 1. The van der Waals surface area contributed by atoms with E-state index in [-0.39, 0.29) is 6.04 Å². The number of hydrogen-bond acceptors (Lipinski definition) is 2. The second-order valence-corrected chi connectivity index (χ2v) is 4.80. The van der Waals surface area contributed by atoms with Crippen LogP contribution < -0.4 is 5.43 Å². The lowest BCUT2D eigenvalue weighted by atomic mass is 9.99. The Balaban J connectivity index is 1.79. The van der Waals surface area contributed by atoms with Crippen molar-refractivity contribution in [2.45, 2.75) is 12.5 Å². The molecule has 1 aliphatic rings. The van der Waals surface area contributed by atoms with Crippen molar-refractivity contribution in [1.29, 1.82) is 0 Å². The molecule has 90 valence electrons. The summed E-state index contributed by atoms with van der Waals surface area (Å²) in [7, 11) is 0. The molecule has 3 rings (SSSR count). The molecule has 1 heterocycles. The third-order valence-electron chi connectivity index (χ3n) is 3.11. The first-order valence-electron chi connectivity index (χ1n) is 5.96. The molecular weight excluding hydrogens is 244 g/mol. The third kappa shape index (κ3) is 2.24. The highest BCUT2D eigenvalue weighted by molar-refractivity contribution is 6.30. The van der Waals surface area contributed by atoms with Gasteiger partial charge in [-0.05, 0) is 23.3 Å². The molecule has 0 fully saturated rings. The van der Waals surface area contributed by atoms with Gasteiger partial charge in [0.2, 0.25) is 0 Å². The average Bonchev–Trinajstić information content (AvgIpc) is 2.89. The van der Waals surface area contributed by atoms with E-state index < -0.39 is 0 Å². The summed E-state index contributed by atoms with van der Waals surface area (Å²) in [5.74, 6) is 0. The van der Waals surface area contributed by atoms with Crippen LogP contribution in [0, 0.1) is 0 Å². The average molecular weight is 257 g/mol. The summed E-state index contributed by atoms with van der Waals surface area (Å²) < 4.78 is 0. The molecule has 18 heavy (non-hydrogen) atoms. The van der Waals surface area contributed by atoms with Gasteiger partial charge in [0, 0.05) is 11.4 Å². The predicted octanol–water partition coefficient (Wildman–Crippen LogP) is 3.78. The monoisotopic (exact) mass is 256 g/mol. The molecule has 1 atom stereocenters. The van der Waals surface area contributed by atoms with Crippen LogP contribution in [0.2, 0.25) is 5.02 Å². The van der Waals surface area contributed by atoms with Gasteiger partial charge in [-0.1, -0.05) is 54.1 Å². The van der Waals surface area contributed by atoms with E-state index in [9.17, 15) is 0 Å². The van der Waals surface area contributed by atoms with Crippen molar-refractivity contribution in [2.24, 2.45) is 5.10 Å². The van der Waals surface area contributed by atoms with Crippen LogP contribution in [0.15, 0.2) is 59.7 Å². The zero-order chi connectivity index (χ0) is 12.4. The lowest BCUT2D eigenvalue weighted by molar-refractivity contribution is 0.620. The summed E-state index contributed by atoms with van der Waals surface area (Å²) in [4.78, 5) is 0. The standard InChI is InChI=1S/C15H13ClN2/c16-13-8-4-7-12(9-13)15-10-14(17-18-15)11-5-2-1-3-6-11/h1-9,15,18H,10H2. The topological polar surface area (TPSA) is 24.4 Å². The zero-order valence-corrected chi connectivity index (χ0v) is 10.6. The molecule has 2 aromatic carbocycles. The lowest BCUT2D eigenvalue weighted by Crippen LogP contribution is -2.09. The Labute approximate surface area is 111 Å². The smallest absolute Gasteiger partial charge is 0.0746 e. The van der Waals surface area contributed by atoms with E-state index in [1.807, 2.05) is 36.4 Å². The Kier molecular flexibility index (Phi) is 3.03. The van der Waals surface area contributed by atoms with Crippen LogP contribution in [0.1, 0.15) is 23.6 Å². The Hall–Kier alpha value is -1.80. The molecule has 1 aliphatic heterocycles. The summed E-state index contributed by atoms with van der Waals surface area (Å²) in [5, 5.41) is 5.18. The van der Waals surface area contributed by atoms with Crippen molar-refractivity contribution in [3.63, 3.8) is 0 Å². The van der Waals surface area contributed by atoms with Gasteiger partial charge in [-0.25, -0.2) is 0 Å². The van der Waals surface area contributed by atoms with E-state index in [1.165, 1.54) is 11.1 Å². The van der Waals surface area contributed by atoms with Crippen molar-refractivity contribution >= 4 is 17.3 Å². The molecular formula is C15H13ClN2. The van der Waals surface area contributed by atoms with Crippen LogP contribution in [0.5, 0.6) is 0 Å². The highest BCUT2D eigenvalue weighted by Gasteiger charge is 2.20. The maximum atomic E-state index is 6.01. The molecule has 0 bridgehead atoms. The Morgan fingerprint density at radius 1 is 1.06 bits per heavy atom. The SMILES string of the molecule is Clc1cccc(C2CC(c3ccccc3)=NN2)c1. The first-order chi connectivity index (χ1) is 8.83. The maximum absolute atomic E-state index is 6.01. The first-order valence-corrected chi connectivity index (χ1v) is 6.34. The minimum absolute atomic E-state index is 0.221. The minimum Gasteiger partial charge on any atom is -0.302 e. The van der Waals surface area contributed by atoms with E-state index in [0.29, 0.717) is 0 Å². The molecule has 0 radical (unpaired) electrons. The maximum Gasteiger partial charge on any atom is 0.0746 e. The summed E-state index contributed by atoms with van der Waals surface area (Å²) in [6.07, 6.45) is 0.893. The van der Waals surface area contributed by atoms with Gasteiger partial charge in [0.15, 0.2) is 0 Å². The number of hydrazone groups is 1. The summed E-state index contributed by atoms with van der Waals surface area (Å²) >= 11 is 6.01. The van der Waals surface area contributed by atoms with Crippen molar-refractivity contribution in [3.8, 4) is 0 Å². The molecule has 2 nitrogen and oxygen atoms in total. The summed E-state index contributed by atoms with van der Waals surface area (Å²) in [6.45, 7) is 0. The summed E-state index contributed by atoms with van der Waals surface area (Å²) in [6, 6.07) is 18.4. The second kappa shape index (κ2) is 4.83. The van der Waals surface area contributed by atoms with Crippen LogP contribution in [0.4, 0.5) is 0 Å². The van der Waals surface area contributed by atoms with Gasteiger partial charge in [0.05, 0.1) is 11.8 Å². The highest BCUT2D eigenvalue weighted by Crippen LogP contribution is 2.26. The molecule has 0 saturated carbocycles. The van der Waals surface area contributed by atoms with Gasteiger partial charge < -0.3 is 5.43 Å². The Morgan fingerprint density at radius 3 is 2.67 bits per heavy atom. The van der Waals surface area contributed by atoms with Crippen LogP contribution in [-0.4, -0.2) is 5.71 Å². The number of hydrogen-bond donors (Lipinski definition) is 1. The van der Waals surface area contributed by atoms with Crippen LogP contribution in [-0.2, 0) is 0 Å². The molecule has 1 unspecified atom stereocenters. The van der Waals surface area contributed by atoms with Crippen molar-refractivity contribution in [3.05, 3.63) is 70.7 Å². The number of rotatable bonds is 2. The molecule has 0 saturated heterocycles. The minimum atomic E-state index is 0.221. The van der Waals surface area contributed by atoms with Gasteiger partial charge >= 0.3 is 0 Å². The van der Waals surface area contributed by atoms with Crippen LogP contribution in [0.25, 0.3) is 0 Å². The van der Waals surface area contributed by atoms with E-state index in [2.05, 4.69) is 28.7 Å².